The smallest absolute Gasteiger partial charge is 0.186 e. The van der Waals surface area contributed by atoms with Crippen molar-refractivity contribution in [3.05, 3.63) is 5.15 Å². The predicted octanol–water partition coefficient (Wildman–Crippen LogP) is 1.38. The minimum atomic E-state index is 0.227. The second-order valence-electron chi connectivity index (χ2n) is 2.26. The number of aromatic nitrogens is 2. The highest BCUT2D eigenvalue weighted by molar-refractivity contribution is 6.99. The lowest BCUT2D eigenvalue weighted by molar-refractivity contribution is 0.286. The first-order chi connectivity index (χ1) is 5.84. The van der Waals surface area contributed by atoms with E-state index in [1.165, 1.54) is 0 Å². The molecule has 1 rings (SSSR count). The quantitative estimate of drug-likeness (QED) is 0.717. The fourth-order valence-corrected chi connectivity index (χ4v) is 1.41. The van der Waals surface area contributed by atoms with Crippen LogP contribution in [0.25, 0.3) is 0 Å². The number of unbranched alkanes of at least 4 members (excludes halogenated alkanes) is 1. The molecule has 0 bridgehead atoms. The molecular formula is C6H10ClN3OS. The molecule has 68 valence electrons. The van der Waals surface area contributed by atoms with E-state index in [4.69, 9.17) is 16.7 Å². The molecular weight excluding hydrogens is 198 g/mol. The van der Waals surface area contributed by atoms with Crippen LogP contribution in [0, 0.1) is 0 Å². The first kappa shape index (κ1) is 9.70. The van der Waals surface area contributed by atoms with Gasteiger partial charge in [-0.25, -0.2) is 0 Å². The third-order valence-electron chi connectivity index (χ3n) is 1.33. The van der Waals surface area contributed by atoms with Crippen LogP contribution in [-0.4, -0.2) is 27.0 Å². The van der Waals surface area contributed by atoms with Crippen LogP contribution in [0.2, 0.25) is 5.15 Å². The Morgan fingerprint density at radius 3 is 2.83 bits per heavy atom. The van der Waals surface area contributed by atoms with Crippen LogP contribution >= 0.6 is 23.3 Å². The first-order valence-electron chi connectivity index (χ1n) is 3.67. The zero-order valence-corrected chi connectivity index (χ0v) is 8.03. The maximum atomic E-state index is 8.50. The summed E-state index contributed by atoms with van der Waals surface area (Å²) in [5.41, 5.74) is 0. The molecule has 0 amide bonds. The van der Waals surface area contributed by atoms with E-state index < -0.39 is 0 Å². The number of anilines is 1. The molecule has 0 aliphatic heterocycles. The van der Waals surface area contributed by atoms with Gasteiger partial charge in [-0.15, -0.1) is 0 Å². The number of hydrogen-bond donors (Lipinski definition) is 2. The largest absolute Gasteiger partial charge is 0.396 e. The lowest BCUT2D eigenvalue weighted by Gasteiger charge is -2.00. The summed E-state index contributed by atoms with van der Waals surface area (Å²) in [4.78, 5) is 0. The summed E-state index contributed by atoms with van der Waals surface area (Å²) in [6.45, 7) is 0.996. The van der Waals surface area contributed by atoms with Crippen LogP contribution in [0.5, 0.6) is 0 Å². The van der Waals surface area contributed by atoms with E-state index >= 15 is 0 Å². The summed E-state index contributed by atoms with van der Waals surface area (Å²) in [6.07, 6.45) is 1.70. The Hall–Kier alpha value is -0.390. The van der Waals surface area contributed by atoms with Crippen molar-refractivity contribution in [3.8, 4) is 0 Å². The van der Waals surface area contributed by atoms with Gasteiger partial charge in [-0.2, -0.15) is 8.75 Å². The molecule has 12 heavy (non-hydrogen) atoms. The molecule has 6 heteroatoms. The molecule has 4 nitrogen and oxygen atoms in total. The standard InChI is InChI=1S/C6H10ClN3OS/c7-5-6(10-12-9-5)8-3-1-2-4-11/h11H,1-4H2,(H,8,10). The second kappa shape index (κ2) is 5.29. The number of nitrogens with one attached hydrogen (secondary N) is 1. The number of aliphatic hydroxyl groups is 1. The Balaban J connectivity index is 2.20. The molecule has 2 N–H and O–H groups in total. The summed E-state index contributed by atoms with van der Waals surface area (Å²) in [5, 5.41) is 11.9. The van der Waals surface area contributed by atoms with Crippen molar-refractivity contribution < 1.29 is 5.11 Å². The topological polar surface area (TPSA) is 58.0 Å². The van der Waals surface area contributed by atoms with Gasteiger partial charge in [0.1, 0.15) is 0 Å². The van der Waals surface area contributed by atoms with Crippen LogP contribution in [0.4, 0.5) is 5.82 Å². The molecule has 0 aromatic carbocycles. The van der Waals surface area contributed by atoms with Crippen molar-refractivity contribution in [2.45, 2.75) is 12.8 Å². The lowest BCUT2D eigenvalue weighted by Crippen LogP contribution is -2.02. The Bertz CT molecular complexity index is 230. The van der Waals surface area contributed by atoms with E-state index in [1.54, 1.807) is 0 Å². The Labute approximate surface area is 79.9 Å². The van der Waals surface area contributed by atoms with Gasteiger partial charge in [-0.1, -0.05) is 11.6 Å². The number of aliphatic hydroxyl groups excluding tert-OH is 1. The molecule has 0 saturated heterocycles. The van der Waals surface area contributed by atoms with E-state index in [-0.39, 0.29) is 6.61 Å². The fraction of sp³-hybridized carbons (Fsp3) is 0.667. The van der Waals surface area contributed by atoms with Crippen molar-refractivity contribution in [1.82, 2.24) is 8.75 Å². The van der Waals surface area contributed by atoms with Crippen LogP contribution in [0.3, 0.4) is 0 Å². The molecule has 0 atom stereocenters. The second-order valence-corrected chi connectivity index (χ2v) is 3.15. The van der Waals surface area contributed by atoms with E-state index in [2.05, 4.69) is 14.1 Å². The Morgan fingerprint density at radius 1 is 1.42 bits per heavy atom. The molecule has 1 heterocycles. The maximum Gasteiger partial charge on any atom is 0.186 e. The average molecular weight is 208 g/mol. The van der Waals surface area contributed by atoms with Crippen molar-refractivity contribution in [3.63, 3.8) is 0 Å². The number of hydrogen-bond acceptors (Lipinski definition) is 5. The maximum absolute atomic E-state index is 8.50. The first-order valence-corrected chi connectivity index (χ1v) is 4.78. The summed E-state index contributed by atoms with van der Waals surface area (Å²) in [6, 6.07) is 0. The molecule has 0 unspecified atom stereocenters. The highest BCUT2D eigenvalue weighted by Crippen LogP contribution is 2.17. The van der Waals surface area contributed by atoms with Crippen LogP contribution in [0.1, 0.15) is 12.8 Å². The van der Waals surface area contributed by atoms with Crippen LogP contribution in [-0.2, 0) is 0 Å². The van der Waals surface area contributed by atoms with E-state index in [0.29, 0.717) is 11.0 Å². The summed E-state index contributed by atoms with van der Waals surface area (Å²) in [5.74, 6) is 0.639. The zero-order chi connectivity index (χ0) is 8.81. The van der Waals surface area contributed by atoms with E-state index in [9.17, 15) is 0 Å². The lowest BCUT2D eigenvalue weighted by atomic mass is 10.3. The number of halogens is 1. The molecule has 0 fully saturated rings. The fourth-order valence-electron chi connectivity index (χ4n) is 0.727. The highest BCUT2D eigenvalue weighted by Gasteiger charge is 2.02. The molecule has 1 aromatic rings. The monoisotopic (exact) mass is 207 g/mol. The van der Waals surface area contributed by atoms with E-state index in [0.717, 1.165) is 31.1 Å². The summed E-state index contributed by atoms with van der Waals surface area (Å²) in [7, 11) is 0. The van der Waals surface area contributed by atoms with Crippen molar-refractivity contribution >= 4 is 29.1 Å². The molecule has 1 aromatic heterocycles. The number of nitrogens with zero attached hydrogens (tertiary/aromatic N) is 2. The zero-order valence-electron chi connectivity index (χ0n) is 6.46. The van der Waals surface area contributed by atoms with Crippen LogP contribution < -0.4 is 5.32 Å². The van der Waals surface area contributed by atoms with Gasteiger partial charge in [0, 0.05) is 13.2 Å². The van der Waals surface area contributed by atoms with Crippen molar-refractivity contribution in [2.24, 2.45) is 0 Å². The molecule has 0 radical (unpaired) electrons. The minimum absolute atomic E-state index is 0.227. The predicted molar refractivity (Wildman–Crippen MR) is 49.7 cm³/mol. The van der Waals surface area contributed by atoms with Crippen LogP contribution in [0.15, 0.2) is 0 Å². The van der Waals surface area contributed by atoms with Gasteiger partial charge in [-0.3, -0.25) is 0 Å². The van der Waals surface area contributed by atoms with Gasteiger partial charge in [0.2, 0.25) is 0 Å². The Kier molecular flexibility index (Phi) is 4.27. The normalized spacial score (nSPS) is 10.2. The molecule has 0 aliphatic carbocycles. The van der Waals surface area contributed by atoms with Gasteiger partial charge < -0.3 is 10.4 Å². The number of rotatable bonds is 5. The summed E-state index contributed by atoms with van der Waals surface area (Å²) >= 11 is 6.76. The molecule has 0 spiro atoms. The van der Waals surface area contributed by atoms with Crippen molar-refractivity contribution in [1.29, 1.82) is 0 Å². The van der Waals surface area contributed by atoms with Gasteiger partial charge >= 0.3 is 0 Å². The van der Waals surface area contributed by atoms with Gasteiger partial charge in [0.25, 0.3) is 0 Å². The highest BCUT2D eigenvalue weighted by atomic mass is 35.5. The molecule has 0 aliphatic rings. The van der Waals surface area contributed by atoms with Gasteiger partial charge in [0.15, 0.2) is 11.0 Å². The Morgan fingerprint density at radius 2 is 2.25 bits per heavy atom. The van der Waals surface area contributed by atoms with E-state index in [1.807, 2.05) is 0 Å². The van der Waals surface area contributed by atoms with Gasteiger partial charge in [-0.05, 0) is 12.8 Å². The minimum Gasteiger partial charge on any atom is -0.396 e. The van der Waals surface area contributed by atoms with Gasteiger partial charge in [0.05, 0.1) is 11.7 Å². The van der Waals surface area contributed by atoms with Crippen molar-refractivity contribution in [2.75, 3.05) is 18.5 Å². The summed E-state index contributed by atoms with van der Waals surface area (Å²) < 4.78 is 7.74. The third-order valence-corrected chi connectivity index (χ3v) is 2.22. The average Bonchev–Trinajstić information content (AvgIpc) is 2.46. The third kappa shape index (κ3) is 2.92. The SMILES string of the molecule is OCCCCNc1nsnc1Cl. The molecule has 0 saturated carbocycles.